The maximum atomic E-state index is 6.42. The van der Waals surface area contributed by atoms with E-state index in [4.69, 9.17) is 4.74 Å². The Balaban J connectivity index is 1.65. The summed E-state index contributed by atoms with van der Waals surface area (Å²) in [6, 6.07) is 0. The summed E-state index contributed by atoms with van der Waals surface area (Å²) in [7, 11) is 0. The van der Waals surface area contributed by atoms with Crippen molar-refractivity contribution in [1.82, 2.24) is 5.32 Å². The van der Waals surface area contributed by atoms with Gasteiger partial charge < -0.3 is 4.74 Å². The van der Waals surface area contributed by atoms with Crippen molar-refractivity contribution >= 4 is 0 Å². The molecular weight excluding hydrogens is 222 g/mol. The van der Waals surface area contributed by atoms with Gasteiger partial charge in [-0.25, -0.2) is 0 Å². The van der Waals surface area contributed by atoms with Crippen molar-refractivity contribution in [3.8, 4) is 0 Å². The third-order valence-corrected chi connectivity index (χ3v) is 5.55. The van der Waals surface area contributed by atoms with Crippen molar-refractivity contribution in [2.75, 3.05) is 13.2 Å². The Hall–Kier alpha value is -0.0800. The van der Waals surface area contributed by atoms with Crippen LogP contribution in [0.15, 0.2) is 0 Å². The van der Waals surface area contributed by atoms with Gasteiger partial charge in [0.1, 0.15) is 5.72 Å². The second-order valence-corrected chi connectivity index (χ2v) is 7.89. The van der Waals surface area contributed by atoms with Crippen LogP contribution < -0.4 is 5.32 Å². The molecule has 1 heterocycles. The molecule has 3 fully saturated rings. The molecule has 0 radical (unpaired) electrons. The van der Waals surface area contributed by atoms with Crippen molar-refractivity contribution in [1.29, 1.82) is 0 Å². The molecule has 1 N–H and O–H groups in total. The number of nitrogens with one attached hydrogen (secondary N) is 1. The summed E-state index contributed by atoms with van der Waals surface area (Å²) in [5, 5.41) is 3.83. The molecule has 1 unspecified atom stereocenters. The Morgan fingerprint density at radius 3 is 2.28 bits per heavy atom. The summed E-state index contributed by atoms with van der Waals surface area (Å²) >= 11 is 0. The summed E-state index contributed by atoms with van der Waals surface area (Å²) in [4.78, 5) is 0. The molecule has 3 rings (SSSR count). The van der Waals surface area contributed by atoms with Gasteiger partial charge in [-0.05, 0) is 43.9 Å². The van der Waals surface area contributed by atoms with E-state index in [1.165, 1.54) is 64.3 Å². The molecule has 0 aromatic carbocycles. The maximum Gasteiger partial charge on any atom is 0.119 e. The van der Waals surface area contributed by atoms with Gasteiger partial charge in [-0.2, -0.15) is 0 Å². The van der Waals surface area contributed by atoms with Crippen LogP contribution in [-0.2, 0) is 4.74 Å². The van der Waals surface area contributed by atoms with Crippen molar-refractivity contribution < 1.29 is 4.74 Å². The molecule has 2 nitrogen and oxygen atoms in total. The fourth-order valence-electron chi connectivity index (χ4n) is 4.44. The summed E-state index contributed by atoms with van der Waals surface area (Å²) in [6.07, 6.45) is 12.1. The zero-order valence-corrected chi connectivity index (χ0v) is 12.2. The lowest BCUT2D eigenvalue weighted by atomic mass is 9.69. The van der Waals surface area contributed by atoms with Crippen molar-refractivity contribution in [2.24, 2.45) is 10.8 Å². The molecule has 2 saturated carbocycles. The first-order chi connectivity index (χ1) is 8.54. The minimum absolute atomic E-state index is 0.0183. The highest BCUT2D eigenvalue weighted by Gasteiger charge is 2.47. The topological polar surface area (TPSA) is 21.3 Å². The summed E-state index contributed by atoms with van der Waals surface area (Å²) < 4.78 is 6.42. The van der Waals surface area contributed by atoms with Crippen LogP contribution in [0.3, 0.4) is 0 Å². The fraction of sp³-hybridized carbons (Fsp3) is 1.00. The molecule has 2 spiro atoms. The number of ether oxygens (including phenoxy) is 1. The van der Waals surface area contributed by atoms with E-state index < -0.39 is 0 Å². The van der Waals surface area contributed by atoms with E-state index >= 15 is 0 Å². The van der Waals surface area contributed by atoms with E-state index in [2.05, 4.69) is 19.2 Å². The van der Waals surface area contributed by atoms with E-state index in [-0.39, 0.29) is 5.72 Å². The molecule has 2 heteroatoms. The van der Waals surface area contributed by atoms with Crippen molar-refractivity contribution in [3.63, 3.8) is 0 Å². The quantitative estimate of drug-likeness (QED) is 0.706. The minimum Gasteiger partial charge on any atom is -0.360 e. The molecule has 18 heavy (non-hydrogen) atoms. The van der Waals surface area contributed by atoms with Crippen LogP contribution in [0.1, 0.15) is 71.6 Å². The van der Waals surface area contributed by atoms with Gasteiger partial charge in [-0.15, -0.1) is 0 Å². The predicted molar refractivity (Wildman–Crippen MR) is 74.5 cm³/mol. The normalized spacial score (nSPS) is 39.0. The Kier molecular flexibility index (Phi) is 3.22. The highest BCUT2D eigenvalue weighted by Crippen LogP contribution is 2.46. The van der Waals surface area contributed by atoms with Gasteiger partial charge in [0.05, 0.1) is 6.61 Å². The number of hydrogen-bond acceptors (Lipinski definition) is 2. The van der Waals surface area contributed by atoms with Gasteiger partial charge in [0.15, 0.2) is 0 Å². The summed E-state index contributed by atoms with van der Waals surface area (Å²) in [5.74, 6) is 0. The predicted octanol–water partition coefficient (Wildman–Crippen LogP) is 3.85. The van der Waals surface area contributed by atoms with Gasteiger partial charge in [-0.3, -0.25) is 5.32 Å². The largest absolute Gasteiger partial charge is 0.360 e. The fourth-order valence-corrected chi connectivity index (χ4v) is 4.44. The molecule has 0 aromatic rings. The zero-order chi connectivity index (χ0) is 12.7. The third kappa shape index (κ3) is 2.46. The van der Waals surface area contributed by atoms with Crippen LogP contribution in [-0.4, -0.2) is 18.9 Å². The minimum atomic E-state index is 0.0183. The molecule has 3 aliphatic rings. The van der Waals surface area contributed by atoms with Crippen molar-refractivity contribution in [3.05, 3.63) is 0 Å². The molecule has 0 amide bonds. The first kappa shape index (κ1) is 12.9. The molecule has 1 atom stereocenters. The molecule has 2 aliphatic carbocycles. The Bertz CT molecular complexity index is 294. The lowest BCUT2D eigenvalue weighted by Crippen LogP contribution is -2.61. The first-order valence-electron chi connectivity index (χ1n) is 7.92. The van der Waals surface area contributed by atoms with E-state index in [0.717, 1.165) is 6.61 Å². The van der Waals surface area contributed by atoms with E-state index in [0.29, 0.717) is 10.8 Å². The highest BCUT2D eigenvalue weighted by atomic mass is 16.5. The third-order valence-electron chi connectivity index (χ3n) is 5.55. The Morgan fingerprint density at radius 1 is 0.889 bits per heavy atom. The Morgan fingerprint density at radius 2 is 1.67 bits per heavy atom. The average Bonchev–Trinajstić information content (AvgIpc) is 2.34. The van der Waals surface area contributed by atoms with Gasteiger partial charge in [0.25, 0.3) is 0 Å². The second kappa shape index (κ2) is 4.49. The zero-order valence-electron chi connectivity index (χ0n) is 12.2. The van der Waals surface area contributed by atoms with Gasteiger partial charge in [-0.1, -0.05) is 33.1 Å². The van der Waals surface area contributed by atoms with Crippen molar-refractivity contribution in [2.45, 2.75) is 77.4 Å². The van der Waals surface area contributed by atoms with Crippen LogP contribution in [0.5, 0.6) is 0 Å². The second-order valence-electron chi connectivity index (χ2n) is 7.89. The van der Waals surface area contributed by atoms with E-state index in [1.807, 2.05) is 0 Å². The SMILES string of the molecule is CC1(C)CCCC2(C1)NCC1(CCCCC1)CO2. The standard InChI is InChI=1S/C16H29NO/c1-14(2)7-6-10-16(11-14)17-12-15(13-18-16)8-4-3-5-9-15/h17H,3-13H2,1-2H3. The van der Waals surface area contributed by atoms with Crippen LogP contribution in [0.25, 0.3) is 0 Å². The van der Waals surface area contributed by atoms with E-state index in [1.54, 1.807) is 0 Å². The van der Waals surface area contributed by atoms with Gasteiger partial charge in [0, 0.05) is 12.0 Å². The van der Waals surface area contributed by atoms with Crippen LogP contribution in [0.2, 0.25) is 0 Å². The van der Waals surface area contributed by atoms with Crippen LogP contribution in [0, 0.1) is 10.8 Å². The van der Waals surface area contributed by atoms with E-state index in [9.17, 15) is 0 Å². The maximum absolute atomic E-state index is 6.42. The summed E-state index contributed by atoms with van der Waals surface area (Å²) in [5.41, 5.74) is 0.942. The molecule has 0 bridgehead atoms. The number of hydrogen-bond donors (Lipinski definition) is 1. The molecule has 104 valence electrons. The first-order valence-corrected chi connectivity index (χ1v) is 7.92. The molecule has 1 aliphatic heterocycles. The monoisotopic (exact) mass is 251 g/mol. The van der Waals surface area contributed by atoms with Gasteiger partial charge >= 0.3 is 0 Å². The van der Waals surface area contributed by atoms with Crippen LogP contribution >= 0.6 is 0 Å². The lowest BCUT2D eigenvalue weighted by Gasteiger charge is -2.53. The van der Waals surface area contributed by atoms with Gasteiger partial charge in [0.2, 0.25) is 0 Å². The molecular formula is C16H29NO. The number of rotatable bonds is 0. The Labute approximate surface area is 112 Å². The molecule has 1 saturated heterocycles. The smallest absolute Gasteiger partial charge is 0.119 e. The average molecular weight is 251 g/mol. The molecule has 0 aromatic heterocycles. The van der Waals surface area contributed by atoms with Crippen LogP contribution in [0.4, 0.5) is 0 Å². The summed E-state index contributed by atoms with van der Waals surface area (Å²) in [6.45, 7) is 6.99. The lowest BCUT2D eigenvalue weighted by molar-refractivity contribution is -0.183. The highest BCUT2D eigenvalue weighted by molar-refractivity contribution is 4.97.